The molecule has 0 bridgehead atoms. The molecule has 1 aromatic carbocycles. The Morgan fingerprint density at radius 1 is 1.45 bits per heavy atom. The van der Waals surface area contributed by atoms with Gasteiger partial charge in [0.1, 0.15) is 12.1 Å². The van der Waals surface area contributed by atoms with Crippen LogP contribution in [0.5, 0.6) is 0 Å². The largest absolute Gasteiger partial charge is 0.480 e. The molecule has 1 aromatic rings. The fourth-order valence-electron chi connectivity index (χ4n) is 2.31. The number of nitriles is 1. The van der Waals surface area contributed by atoms with Crippen molar-refractivity contribution < 1.29 is 19.5 Å². The van der Waals surface area contributed by atoms with E-state index in [1.165, 1.54) is 0 Å². The fourth-order valence-corrected chi connectivity index (χ4v) is 2.31. The predicted octanol–water partition coefficient (Wildman–Crippen LogP) is -0.0512. The Hall–Kier alpha value is -2.88. The van der Waals surface area contributed by atoms with E-state index in [9.17, 15) is 19.5 Å². The summed E-state index contributed by atoms with van der Waals surface area (Å²) in [5, 5.41) is 23.2. The maximum atomic E-state index is 12.0. The smallest absolute Gasteiger partial charge is 0.326 e. The van der Waals surface area contributed by atoms with E-state index >= 15 is 0 Å². The molecule has 1 aliphatic heterocycles. The lowest BCUT2D eigenvalue weighted by atomic mass is 10.0. The quantitative estimate of drug-likeness (QED) is 0.704. The van der Waals surface area contributed by atoms with E-state index in [4.69, 9.17) is 5.26 Å². The van der Waals surface area contributed by atoms with Gasteiger partial charge in [0, 0.05) is 12.8 Å². The molecular weight excluding hydrogens is 286 g/mol. The van der Waals surface area contributed by atoms with Crippen LogP contribution in [0.1, 0.15) is 24.0 Å². The number of aliphatic carboxylic acids is 1. The van der Waals surface area contributed by atoms with Crippen LogP contribution in [0, 0.1) is 11.3 Å². The Balaban J connectivity index is 2.07. The molecule has 2 atom stereocenters. The number of carbonyl (C=O) groups is 3. The molecule has 22 heavy (non-hydrogen) atoms. The zero-order valence-electron chi connectivity index (χ0n) is 11.7. The average Bonchev–Trinajstić information content (AvgIpc) is 2.93. The SMILES string of the molecule is N#Cc1ccccc1C[C@H](NC(=O)[C@H]1CCC(=O)N1)C(=O)O. The summed E-state index contributed by atoms with van der Waals surface area (Å²) in [5.74, 6) is -1.93. The normalized spacial score (nSPS) is 18.1. The van der Waals surface area contributed by atoms with E-state index < -0.39 is 24.0 Å². The van der Waals surface area contributed by atoms with Gasteiger partial charge >= 0.3 is 5.97 Å². The molecule has 0 saturated carbocycles. The van der Waals surface area contributed by atoms with Crippen molar-refractivity contribution in [3.63, 3.8) is 0 Å². The summed E-state index contributed by atoms with van der Waals surface area (Å²) in [4.78, 5) is 34.4. The number of nitrogens with one attached hydrogen (secondary N) is 2. The maximum absolute atomic E-state index is 12.0. The molecule has 0 radical (unpaired) electrons. The van der Waals surface area contributed by atoms with Crippen molar-refractivity contribution in [3.8, 4) is 6.07 Å². The Bertz CT molecular complexity index is 650. The van der Waals surface area contributed by atoms with E-state index in [0.717, 1.165) is 0 Å². The van der Waals surface area contributed by atoms with Crippen LogP contribution in [0.25, 0.3) is 0 Å². The van der Waals surface area contributed by atoms with Gasteiger partial charge in [-0.1, -0.05) is 18.2 Å². The van der Waals surface area contributed by atoms with Gasteiger partial charge in [-0.3, -0.25) is 9.59 Å². The third-order valence-corrected chi connectivity index (χ3v) is 3.49. The van der Waals surface area contributed by atoms with Gasteiger partial charge in [-0.25, -0.2) is 4.79 Å². The molecule has 0 unspecified atom stereocenters. The molecule has 1 aliphatic rings. The molecular formula is C15H15N3O4. The summed E-state index contributed by atoms with van der Waals surface area (Å²) < 4.78 is 0. The number of hydrogen-bond acceptors (Lipinski definition) is 4. The van der Waals surface area contributed by atoms with Crippen molar-refractivity contribution in [2.45, 2.75) is 31.3 Å². The Morgan fingerprint density at radius 2 is 2.18 bits per heavy atom. The average molecular weight is 301 g/mol. The molecule has 0 aromatic heterocycles. The minimum Gasteiger partial charge on any atom is -0.480 e. The summed E-state index contributed by atoms with van der Waals surface area (Å²) in [5.41, 5.74) is 0.922. The van der Waals surface area contributed by atoms with Gasteiger partial charge in [-0.05, 0) is 18.1 Å². The molecule has 114 valence electrons. The summed E-state index contributed by atoms with van der Waals surface area (Å²) in [6.45, 7) is 0. The first-order valence-electron chi connectivity index (χ1n) is 6.82. The number of carboxylic acids is 1. The highest BCUT2D eigenvalue weighted by Gasteiger charge is 2.30. The fraction of sp³-hybridized carbons (Fsp3) is 0.333. The summed E-state index contributed by atoms with van der Waals surface area (Å²) in [7, 11) is 0. The van der Waals surface area contributed by atoms with Gasteiger partial charge in [-0.15, -0.1) is 0 Å². The van der Waals surface area contributed by atoms with Crippen molar-refractivity contribution in [3.05, 3.63) is 35.4 Å². The van der Waals surface area contributed by atoms with Crippen LogP contribution >= 0.6 is 0 Å². The monoisotopic (exact) mass is 301 g/mol. The highest BCUT2D eigenvalue weighted by molar-refractivity contribution is 5.92. The van der Waals surface area contributed by atoms with Gasteiger partial charge in [-0.2, -0.15) is 5.26 Å². The van der Waals surface area contributed by atoms with Crippen LogP contribution in [-0.2, 0) is 20.8 Å². The van der Waals surface area contributed by atoms with Gasteiger partial charge in [0.2, 0.25) is 11.8 Å². The lowest BCUT2D eigenvalue weighted by Gasteiger charge is -2.18. The van der Waals surface area contributed by atoms with Crippen LogP contribution in [0.15, 0.2) is 24.3 Å². The molecule has 2 amide bonds. The number of hydrogen-bond donors (Lipinski definition) is 3. The molecule has 7 nitrogen and oxygen atoms in total. The summed E-state index contributed by atoms with van der Waals surface area (Å²) in [6, 6.07) is 6.77. The number of benzene rings is 1. The zero-order chi connectivity index (χ0) is 16.1. The van der Waals surface area contributed by atoms with Crippen molar-refractivity contribution in [1.29, 1.82) is 5.26 Å². The van der Waals surface area contributed by atoms with Crippen LogP contribution in [0.2, 0.25) is 0 Å². The third kappa shape index (κ3) is 3.61. The summed E-state index contributed by atoms with van der Waals surface area (Å²) in [6.07, 6.45) is 0.615. The molecule has 7 heteroatoms. The Morgan fingerprint density at radius 3 is 2.77 bits per heavy atom. The lowest BCUT2D eigenvalue weighted by Crippen LogP contribution is -2.49. The third-order valence-electron chi connectivity index (χ3n) is 3.49. The predicted molar refractivity (Wildman–Crippen MR) is 75.6 cm³/mol. The molecule has 1 fully saturated rings. The minimum atomic E-state index is -1.19. The second-order valence-electron chi connectivity index (χ2n) is 5.03. The first-order valence-corrected chi connectivity index (χ1v) is 6.82. The first-order chi connectivity index (χ1) is 10.5. The number of rotatable bonds is 5. The van der Waals surface area contributed by atoms with Crippen LogP contribution < -0.4 is 10.6 Å². The van der Waals surface area contributed by atoms with E-state index in [-0.39, 0.29) is 18.7 Å². The topological polar surface area (TPSA) is 119 Å². The van der Waals surface area contributed by atoms with Crippen LogP contribution in [0.4, 0.5) is 0 Å². The molecule has 0 aliphatic carbocycles. The minimum absolute atomic E-state index is 0.00543. The van der Waals surface area contributed by atoms with Gasteiger partial charge < -0.3 is 15.7 Å². The Labute approximate surface area is 126 Å². The molecule has 1 saturated heterocycles. The standard InChI is InChI=1S/C15H15N3O4/c16-8-10-4-2-1-3-9(10)7-12(15(21)22)18-14(20)11-5-6-13(19)17-11/h1-4,11-12H,5-7H2,(H,17,19)(H,18,20)(H,21,22)/t11-,12+/m1/s1. The van der Waals surface area contributed by atoms with Gasteiger partial charge in [0.25, 0.3) is 0 Å². The van der Waals surface area contributed by atoms with Crippen molar-refractivity contribution in [1.82, 2.24) is 10.6 Å². The number of amides is 2. The van der Waals surface area contributed by atoms with Gasteiger partial charge in [0.05, 0.1) is 11.6 Å². The van der Waals surface area contributed by atoms with Crippen molar-refractivity contribution >= 4 is 17.8 Å². The van der Waals surface area contributed by atoms with Gasteiger partial charge in [0.15, 0.2) is 0 Å². The summed E-state index contributed by atoms with van der Waals surface area (Å²) >= 11 is 0. The van der Waals surface area contributed by atoms with E-state index in [2.05, 4.69) is 10.6 Å². The second kappa shape index (κ2) is 6.72. The molecule has 1 heterocycles. The van der Waals surface area contributed by atoms with E-state index in [1.807, 2.05) is 6.07 Å². The van der Waals surface area contributed by atoms with Crippen LogP contribution in [0.3, 0.4) is 0 Å². The second-order valence-corrected chi connectivity index (χ2v) is 5.03. The lowest BCUT2D eigenvalue weighted by molar-refractivity contribution is -0.142. The number of carboxylic acid groups (broad SMARTS) is 1. The van der Waals surface area contributed by atoms with E-state index in [1.54, 1.807) is 24.3 Å². The maximum Gasteiger partial charge on any atom is 0.326 e. The highest BCUT2D eigenvalue weighted by Crippen LogP contribution is 2.12. The highest BCUT2D eigenvalue weighted by atomic mass is 16.4. The van der Waals surface area contributed by atoms with Crippen molar-refractivity contribution in [2.75, 3.05) is 0 Å². The number of nitrogens with zero attached hydrogens (tertiary/aromatic N) is 1. The molecule has 3 N–H and O–H groups in total. The van der Waals surface area contributed by atoms with Crippen molar-refractivity contribution in [2.24, 2.45) is 0 Å². The van der Waals surface area contributed by atoms with Crippen LogP contribution in [-0.4, -0.2) is 35.0 Å². The zero-order valence-corrected chi connectivity index (χ0v) is 11.7. The molecule has 0 spiro atoms. The molecule has 2 rings (SSSR count). The van der Waals surface area contributed by atoms with E-state index in [0.29, 0.717) is 17.5 Å². The Kier molecular flexibility index (Phi) is 4.73. The first kappa shape index (κ1) is 15.5. The number of carbonyl (C=O) groups excluding carboxylic acids is 2.